The van der Waals surface area contributed by atoms with Gasteiger partial charge in [-0.2, -0.15) is 0 Å². The number of carbonyl (C=O) groups is 3. The Labute approximate surface area is 404 Å². The molecule has 3 unspecified atom stereocenters. The molecular formula is C54H103NO11. The fraction of sp³-hybridized carbons (Fsp3) is 0.944. The van der Waals surface area contributed by atoms with Crippen molar-refractivity contribution in [2.45, 2.75) is 258 Å². The van der Waals surface area contributed by atoms with Crippen LogP contribution in [0.2, 0.25) is 0 Å². The molecule has 2 N–H and O–H groups in total. The van der Waals surface area contributed by atoms with Crippen molar-refractivity contribution in [3.05, 3.63) is 0 Å². The van der Waals surface area contributed by atoms with E-state index in [1.807, 2.05) is 4.90 Å². The second-order valence-corrected chi connectivity index (χ2v) is 19.3. The van der Waals surface area contributed by atoms with Crippen LogP contribution in [-0.2, 0) is 38.0 Å². The number of ether oxygens (including phenoxy) is 6. The predicted octanol–water partition coefficient (Wildman–Crippen LogP) is 12.8. The number of esters is 2. The first-order chi connectivity index (χ1) is 32.3. The Kier molecular flexibility index (Phi) is 42.7. The van der Waals surface area contributed by atoms with Crippen LogP contribution in [0.5, 0.6) is 0 Å². The van der Waals surface area contributed by atoms with Crippen molar-refractivity contribution in [1.82, 2.24) is 4.90 Å². The van der Waals surface area contributed by atoms with E-state index in [-0.39, 0.29) is 76.5 Å². The largest absolute Gasteiger partial charge is 0.508 e. The zero-order chi connectivity index (χ0) is 48.1. The first-order valence-corrected chi connectivity index (χ1v) is 27.6. The van der Waals surface area contributed by atoms with Gasteiger partial charge in [-0.1, -0.05) is 175 Å². The zero-order valence-corrected chi connectivity index (χ0v) is 43.1. The van der Waals surface area contributed by atoms with E-state index in [0.29, 0.717) is 38.9 Å². The minimum Gasteiger partial charge on any atom is -0.465 e. The summed E-state index contributed by atoms with van der Waals surface area (Å²) < 4.78 is 34.8. The van der Waals surface area contributed by atoms with Crippen LogP contribution in [0.1, 0.15) is 240 Å². The third-order valence-corrected chi connectivity index (χ3v) is 13.0. The number of rotatable bonds is 47. The van der Waals surface area contributed by atoms with Crippen LogP contribution in [0, 0.1) is 11.8 Å². The first kappa shape index (κ1) is 62.0. The highest BCUT2D eigenvalue weighted by Crippen LogP contribution is 2.29. The fourth-order valence-electron chi connectivity index (χ4n) is 8.94. The van der Waals surface area contributed by atoms with E-state index in [1.165, 1.54) is 135 Å². The lowest BCUT2D eigenvalue weighted by Gasteiger charge is -2.36. The lowest BCUT2D eigenvalue weighted by atomic mass is 9.90. The molecule has 0 aromatic carbocycles. The van der Waals surface area contributed by atoms with Crippen LogP contribution >= 0.6 is 0 Å². The summed E-state index contributed by atoms with van der Waals surface area (Å²) in [4.78, 5) is 40.1. The second-order valence-electron chi connectivity index (χ2n) is 19.3. The highest BCUT2D eigenvalue weighted by molar-refractivity contribution is 5.69. The van der Waals surface area contributed by atoms with E-state index in [1.54, 1.807) is 0 Å². The van der Waals surface area contributed by atoms with E-state index < -0.39 is 12.1 Å². The Hall–Kier alpha value is -1.99. The van der Waals surface area contributed by atoms with Gasteiger partial charge in [-0.15, -0.1) is 0 Å². The number of aliphatic hydroxyl groups excluding tert-OH is 2. The smallest absolute Gasteiger partial charge is 0.465 e. The van der Waals surface area contributed by atoms with Crippen molar-refractivity contribution >= 4 is 18.1 Å². The van der Waals surface area contributed by atoms with Crippen molar-refractivity contribution in [2.24, 2.45) is 11.8 Å². The van der Waals surface area contributed by atoms with Crippen LogP contribution in [-0.4, -0.2) is 111 Å². The number of unbranched alkanes of at least 4 members (excludes halogenated alkanes) is 17. The first-order valence-electron chi connectivity index (χ1n) is 27.6. The lowest BCUT2D eigenvalue weighted by Crippen LogP contribution is -2.38. The quantitative estimate of drug-likeness (QED) is 0.0339. The van der Waals surface area contributed by atoms with Crippen LogP contribution in [0.25, 0.3) is 0 Å². The molecule has 0 aromatic rings. The number of hydrogen-bond acceptors (Lipinski definition) is 12. The zero-order valence-electron chi connectivity index (χ0n) is 43.1. The van der Waals surface area contributed by atoms with Gasteiger partial charge in [0.1, 0.15) is 19.8 Å². The summed E-state index contributed by atoms with van der Waals surface area (Å²) in [6.07, 6.45) is 35.5. The minimum atomic E-state index is -0.855. The summed E-state index contributed by atoms with van der Waals surface area (Å²) in [6, 6.07) is 0. The molecule has 12 nitrogen and oxygen atoms in total. The molecule has 12 heteroatoms. The second kappa shape index (κ2) is 45.5. The van der Waals surface area contributed by atoms with Crippen molar-refractivity contribution in [2.75, 3.05) is 59.3 Å². The molecule has 0 saturated carbocycles. The Morgan fingerprint density at radius 3 is 1.44 bits per heavy atom. The maximum Gasteiger partial charge on any atom is 0.508 e. The average Bonchev–Trinajstić information content (AvgIpc) is 3.31. The Balaban J connectivity index is 2.60. The molecule has 1 aliphatic rings. The van der Waals surface area contributed by atoms with Gasteiger partial charge in [0.15, 0.2) is 6.29 Å². The molecule has 1 aliphatic heterocycles. The van der Waals surface area contributed by atoms with Crippen molar-refractivity contribution in [3.8, 4) is 0 Å². The molecule has 390 valence electrons. The molecule has 0 aliphatic carbocycles. The monoisotopic (exact) mass is 942 g/mol. The maximum absolute atomic E-state index is 12.9. The molecule has 1 fully saturated rings. The highest BCUT2D eigenvalue weighted by atomic mass is 16.7. The minimum absolute atomic E-state index is 0.0255. The number of nitrogens with zero attached hydrogens (tertiary/aromatic N) is 1. The summed E-state index contributed by atoms with van der Waals surface area (Å²) >= 11 is 0. The Morgan fingerprint density at radius 1 is 0.485 bits per heavy atom. The molecular weight excluding hydrogens is 839 g/mol. The summed E-state index contributed by atoms with van der Waals surface area (Å²) in [7, 11) is 0. The molecule has 0 amide bonds. The van der Waals surface area contributed by atoms with Gasteiger partial charge in [0, 0.05) is 32.5 Å². The lowest BCUT2D eigenvalue weighted by molar-refractivity contribution is -0.247. The summed E-state index contributed by atoms with van der Waals surface area (Å²) in [6.45, 7) is 10.3. The van der Waals surface area contributed by atoms with Crippen LogP contribution in [0.4, 0.5) is 4.79 Å². The van der Waals surface area contributed by atoms with E-state index in [2.05, 4.69) is 27.7 Å². The van der Waals surface area contributed by atoms with E-state index >= 15 is 0 Å². The topological polar surface area (TPSA) is 150 Å². The van der Waals surface area contributed by atoms with Crippen LogP contribution < -0.4 is 0 Å². The molecule has 1 rings (SSSR count). The maximum atomic E-state index is 12.9. The fourth-order valence-corrected chi connectivity index (χ4v) is 8.94. The van der Waals surface area contributed by atoms with E-state index in [4.69, 9.17) is 28.4 Å². The Bertz CT molecular complexity index is 1070. The van der Waals surface area contributed by atoms with Gasteiger partial charge in [-0.05, 0) is 57.3 Å². The molecule has 0 bridgehead atoms. The van der Waals surface area contributed by atoms with Gasteiger partial charge in [0.25, 0.3) is 0 Å². The average molecular weight is 942 g/mol. The number of aliphatic hydroxyl groups is 2. The van der Waals surface area contributed by atoms with Crippen molar-refractivity contribution < 1.29 is 53.0 Å². The standard InChI is InChI=1S/C54H103NO11/c1-5-9-13-16-23-32-49-43-50(33-24-17-14-10-6-2)66-53(65-49)36-27-26-35-52(59)63-45-48(46-64-54(60)61-42-28-37-55(38-40-56)39-41-57)44-62-51(58)34-25-19-15-18-22-31-47(29-20-11-7-3)30-21-12-8-4/h47-50,53,56-57H,5-46H2,1-4H3. The predicted molar refractivity (Wildman–Crippen MR) is 265 cm³/mol. The van der Waals surface area contributed by atoms with Crippen molar-refractivity contribution in [1.29, 1.82) is 0 Å². The molecule has 0 spiro atoms. The summed E-state index contributed by atoms with van der Waals surface area (Å²) in [5, 5.41) is 18.5. The third-order valence-electron chi connectivity index (χ3n) is 13.0. The molecule has 66 heavy (non-hydrogen) atoms. The number of carbonyl (C=O) groups excluding carboxylic acids is 3. The van der Waals surface area contributed by atoms with Gasteiger partial charge >= 0.3 is 18.1 Å². The molecule has 3 atom stereocenters. The summed E-state index contributed by atoms with van der Waals surface area (Å²) in [5.74, 6) is -0.345. The third kappa shape index (κ3) is 37.0. The van der Waals surface area contributed by atoms with Gasteiger partial charge in [0.2, 0.25) is 0 Å². The molecule has 1 saturated heterocycles. The van der Waals surface area contributed by atoms with Gasteiger partial charge in [-0.25, -0.2) is 4.79 Å². The van der Waals surface area contributed by atoms with Gasteiger partial charge in [0.05, 0.1) is 37.9 Å². The SMILES string of the molecule is CCCCCCCC1CC(CCCCCCC)OC(CCCCC(=O)OCC(COC(=O)CCCCCCCC(CCCCC)CCCCC)COC(=O)OCCCN(CCO)CCO)O1. The molecule has 0 aromatic heterocycles. The van der Waals surface area contributed by atoms with E-state index in [9.17, 15) is 24.6 Å². The van der Waals surface area contributed by atoms with Gasteiger partial charge in [-0.3, -0.25) is 14.5 Å². The highest BCUT2D eigenvalue weighted by Gasteiger charge is 2.29. The van der Waals surface area contributed by atoms with Gasteiger partial charge < -0.3 is 38.6 Å². The molecule has 0 radical (unpaired) electrons. The molecule has 1 heterocycles. The Morgan fingerprint density at radius 2 is 0.909 bits per heavy atom. The van der Waals surface area contributed by atoms with E-state index in [0.717, 1.165) is 57.3 Å². The normalized spacial score (nSPS) is 16.8. The van der Waals surface area contributed by atoms with Crippen LogP contribution in [0.15, 0.2) is 0 Å². The van der Waals surface area contributed by atoms with Crippen LogP contribution in [0.3, 0.4) is 0 Å². The summed E-state index contributed by atoms with van der Waals surface area (Å²) in [5.41, 5.74) is 0. The van der Waals surface area contributed by atoms with Crippen molar-refractivity contribution in [3.63, 3.8) is 0 Å². The number of hydrogen-bond donors (Lipinski definition) is 2.